The minimum atomic E-state index is -5.31. The Kier molecular flexibility index (Phi) is 6.08. The van der Waals surface area contributed by atoms with Gasteiger partial charge in [0.05, 0.1) is 6.61 Å². The maximum absolute atomic E-state index is 11.9. The number of aliphatic hydroxyl groups excluding tert-OH is 1. The van der Waals surface area contributed by atoms with Crippen LogP contribution in [0.5, 0.6) is 0 Å². The molecule has 0 aliphatic carbocycles. The molecule has 148 valence electrons. The Labute approximate surface area is 150 Å². The third-order valence-electron chi connectivity index (χ3n) is 3.47. The highest BCUT2D eigenvalue weighted by Crippen LogP contribution is 2.57. The van der Waals surface area contributed by atoms with Gasteiger partial charge in [0.2, 0.25) is 0 Å². The molecule has 13 nitrogen and oxygen atoms in total. The van der Waals surface area contributed by atoms with E-state index < -0.39 is 52.0 Å². The van der Waals surface area contributed by atoms with Crippen molar-refractivity contribution in [2.24, 2.45) is 0 Å². The Morgan fingerprint density at radius 2 is 2.04 bits per heavy atom. The molecule has 2 rings (SSSR count). The fraction of sp³-hybridized carbons (Fsp3) is 0.600. The molecular weight excluding hydrogens is 418 g/mol. The topological polar surface area (TPSA) is 201 Å². The predicted molar refractivity (Wildman–Crippen MR) is 85.3 cm³/mol. The average Bonchev–Trinajstić information content (AvgIpc) is 2.66. The number of H-pyrrole nitrogens is 1. The zero-order valence-corrected chi connectivity index (χ0v) is 15.6. The Hall–Kier alpha value is -0.760. The number of hydrogen-bond acceptors (Lipinski definition) is 9. The summed E-state index contributed by atoms with van der Waals surface area (Å²) in [6.07, 6.45) is -3.31. The number of aromatic amines is 1. The molecule has 5 atom stereocenters. The highest BCUT2D eigenvalue weighted by molar-refractivity contribution is 7.71. The van der Waals surface area contributed by atoms with E-state index in [9.17, 15) is 29.0 Å². The van der Waals surface area contributed by atoms with Crippen molar-refractivity contribution in [3.63, 3.8) is 0 Å². The van der Waals surface area contributed by atoms with Crippen LogP contribution in [0.1, 0.15) is 13.2 Å². The van der Waals surface area contributed by atoms with Crippen molar-refractivity contribution in [1.82, 2.24) is 9.55 Å². The molecule has 6 N–H and O–H groups in total. The SMILES string of the molecule is C[C@@]1(O)[C@H](O)[C@@H](COP(=O)(O)OP(=O)(O)O)O[C@H]1n1ccc(=S)[nH]c1=O. The van der Waals surface area contributed by atoms with Crippen molar-refractivity contribution in [3.05, 3.63) is 27.4 Å². The fourth-order valence-electron chi connectivity index (χ4n) is 2.32. The summed E-state index contributed by atoms with van der Waals surface area (Å²) >= 11 is 4.79. The molecule has 0 saturated carbocycles. The molecule has 1 unspecified atom stereocenters. The summed E-state index contributed by atoms with van der Waals surface area (Å²) in [5, 5.41) is 20.6. The van der Waals surface area contributed by atoms with Gasteiger partial charge in [0, 0.05) is 6.20 Å². The lowest BCUT2D eigenvalue weighted by molar-refractivity contribution is -0.0986. The summed E-state index contributed by atoms with van der Waals surface area (Å²) in [5.41, 5.74) is -2.76. The molecule has 1 saturated heterocycles. The third kappa shape index (κ3) is 4.94. The lowest BCUT2D eigenvalue weighted by Gasteiger charge is -2.27. The normalized spacial score (nSPS) is 31.7. The lowest BCUT2D eigenvalue weighted by Crippen LogP contribution is -2.46. The molecule has 26 heavy (non-hydrogen) atoms. The van der Waals surface area contributed by atoms with Gasteiger partial charge in [-0.3, -0.25) is 14.1 Å². The molecule has 0 aromatic carbocycles. The van der Waals surface area contributed by atoms with Crippen LogP contribution in [-0.2, 0) is 22.7 Å². The summed E-state index contributed by atoms with van der Waals surface area (Å²) in [5.74, 6) is 0. The predicted octanol–water partition coefficient (Wildman–Crippen LogP) is -0.859. The van der Waals surface area contributed by atoms with Crippen molar-refractivity contribution in [2.75, 3.05) is 6.61 Å². The number of aliphatic hydroxyl groups is 2. The van der Waals surface area contributed by atoms with Gasteiger partial charge < -0.3 is 29.6 Å². The molecule has 1 aliphatic heterocycles. The van der Waals surface area contributed by atoms with Crippen LogP contribution in [0.3, 0.4) is 0 Å². The Balaban J connectivity index is 2.18. The number of hydrogen-bond donors (Lipinski definition) is 6. The Morgan fingerprint density at radius 1 is 1.42 bits per heavy atom. The van der Waals surface area contributed by atoms with Gasteiger partial charge in [-0.05, 0) is 13.0 Å². The van der Waals surface area contributed by atoms with Crippen LogP contribution in [0.25, 0.3) is 0 Å². The van der Waals surface area contributed by atoms with E-state index in [1.807, 2.05) is 0 Å². The van der Waals surface area contributed by atoms with Gasteiger partial charge in [0.15, 0.2) is 6.23 Å². The third-order valence-corrected chi connectivity index (χ3v) is 5.86. The first-order valence-electron chi connectivity index (χ1n) is 6.84. The van der Waals surface area contributed by atoms with Crippen LogP contribution in [0.2, 0.25) is 0 Å². The molecule has 0 bridgehead atoms. The van der Waals surface area contributed by atoms with E-state index in [0.717, 1.165) is 11.5 Å². The maximum Gasteiger partial charge on any atom is 0.481 e. The Bertz CT molecular complexity index is 876. The summed E-state index contributed by atoms with van der Waals surface area (Å²) in [6, 6.07) is 1.34. The second kappa shape index (κ2) is 7.34. The minimum absolute atomic E-state index is 0.125. The second-order valence-corrected chi connectivity index (χ2v) is 8.82. The molecule has 1 aliphatic rings. The smallest absolute Gasteiger partial charge is 0.387 e. The van der Waals surface area contributed by atoms with Crippen LogP contribution in [-0.4, -0.2) is 58.9 Å². The van der Waals surface area contributed by atoms with Crippen molar-refractivity contribution < 1.29 is 47.6 Å². The zero-order chi connectivity index (χ0) is 19.9. The van der Waals surface area contributed by atoms with E-state index in [0.29, 0.717) is 0 Å². The molecule has 1 aromatic heterocycles. The highest BCUT2D eigenvalue weighted by Gasteiger charge is 2.54. The van der Waals surface area contributed by atoms with Crippen LogP contribution in [0.15, 0.2) is 17.1 Å². The van der Waals surface area contributed by atoms with E-state index in [1.165, 1.54) is 12.3 Å². The first-order valence-corrected chi connectivity index (χ1v) is 10.3. The average molecular weight is 434 g/mol. The number of ether oxygens (including phenoxy) is 1. The number of nitrogens with one attached hydrogen (secondary N) is 1. The summed E-state index contributed by atoms with van der Waals surface area (Å²) in [4.78, 5) is 40.5. The number of rotatable bonds is 6. The lowest BCUT2D eigenvalue weighted by atomic mass is 9.96. The van der Waals surface area contributed by atoms with Crippen molar-refractivity contribution in [3.8, 4) is 0 Å². The van der Waals surface area contributed by atoms with Crippen molar-refractivity contribution in [2.45, 2.75) is 31.0 Å². The van der Waals surface area contributed by atoms with E-state index in [4.69, 9.17) is 26.7 Å². The van der Waals surface area contributed by atoms with Gasteiger partial charge in [0.1, 0.15) is 22.4 Å². The second-order valence-electron chi connectivity index (χ2n) is 5.55. The van der Waals surface area contributed by atoms with E-state index in [2.05, 4.69) is 13.8 Å². The van der Waals surface area contributed by atoms with E-state index in [1.54, 1.807) is 0 Å². The molecular formula is C10H16N2O11P2S. The largest absolute Gasteiger partial charge is 0.481 e. The standard InChI is InChI=1S/C10H16N2O11P2S/c1-10(15)7(13)5(4-21-25(19,20)23-24(16,17)18)22-8(10)12-3-2-6(26)11-9(12)14/h2-3,5,7-8,13,15H,4H2,1H3,(H,19,20)(H,11,14,26)(H2,16,17,18)/t5-,7-,8-,10-/m1/s1. The van der Waals surface area contributed by atoms with Crippen LogP contribution in [0.4, 0.5) is 0 Å². The van der Waals surface area contributed by atoms with Crippen LogP contribution in [0, 0.1) is 4.64 Å². The van der Waals surface area contributed by atoms with E-state index >= 15 is 0 Å². The first-order chi connectivity index (χ1) is 11.7. The molecule has 0 amide bonds. The first kappa shape index (κ1) is 21.5. The molecule has 16 heteroatoms. The number of nitrogens with zero attached hydrogens (tertiary/aromatic N) is 1. The Morgan fingerprint density at radius 3 is 2.58 bits per heavy atom. The fourth-order valence-corrected chi connectivity index (χ4v) is 4.06. The van der Waals surface area contributed by atoms with Gasteiger partial charge in [0.25, 0.3) is 0 Å². The molecule has 1 fully saturated rings. The number of phosphoric ester groups is 1. The molecule has 1 aromatic rings. The van der Waals surface area contributed by atoms with Gasteiger partial charge >= 0.3 is 21.3 Å². The monoisotopic (exact) mass is 434 g/mol. The highest BCUT2D eigenvalue weighted by atomic mass is 32.1. The maximum atomic E-state index is 11.9. The van der Waals surface area contributed by atoms with E-state index in [-0.39, 0.29) is 4.64 Å². The molecule has 2 heterocycles. The quantitative estimate of drug-likeness (QED) is 0.239. The summed E-state index contributed by atoms with van der Waals surface area (Å²) in [7, 11) is -10.5. The zero-order valence-electron chi connectivity index (χ0n) is 13.0. The minimum Gasteiger partial charge on any atom is -0.387 e. The van der Waals surface area contributed by atoms with Gasteiger partial charge in [-0.1, -0.05) is 12.2 Å². The van der Waals surface area contributed by atoms with Crippen LogP contribution >= 0.6 is 27.9 Å². The van der Waals surface area contributed by atoms with Crippen molar-refractivity contribution in [1.29, 1.82) is 0 Å². The molecule has 0 radical (unpaired) electrons. The van der Waals surface area contributed by atoms with Gasteiger partial charge in [-0.15, -0.1) is 0 Å². The summed E-state index contributed by atoms with van der Waals surface area (Å²) in [6.45, 7) is 0.278. The molecule has 0 spiro atoms. The number of phosphoric acid groups is 2. The van der Waals surface area contributed by atoms with Crippen molar-refractivity contribution >= 4 is 27.9 Å². The summed E-state index contributed by atoms with van der Waals surface area (Å²) < 4.78 is 36.4. The number of aromatic nitrogens is 2. The van der Waals surface area contributed by atoms with Gasteiger partial charge in [-0.25, -0.2) is 13.9 Å². The van der Waals surface area contributed by atoms with Crippen LogP contribution < -0.4 is 5.69 Å². The van der Waals surface area contributed by atoms with Gasteiger partial charge in [-0.2, -0.15) is 4.31 Å².